The highest BCUT2D eigenvalue weighted by atomic mass is 16.5. The second-order valence-corrected chi connectivity index (χ2v) is 6.82. The Labute approximate surface area is 169 Å². The van der Waals surface area contributed by atoms with Gasteiger partial charge in [0.05, 0.1) is 0 Å². The molecule has 0 heterocycles. The van der Waals surface area contributed by atoms with Crippen LogP contribution in [0.2, 0.25) is 0 Å². The zero-order valence-corrected chi connectivity index (χ0v) is 17.4. The fourth-order valence-corrected chi connectivity index (χ4v) is 3.13. The van der Waals surface area contributed by atoms with Gasteiger partial charge in [-0.3, -0.25) is 4.79 Å². The fourth-order valence-electron chi connectivity index (χ4n) is 3.13. The first-order chi connectivity index (χ1) is 13.5. The van der Waals surface area contributed by atoms with E-state index in [0.29, 0.717) is 19.5 Å². The SMILES string of the molecule is C=CCc1cc(/C(C)=C/C(=O)N(CC)CC)ccc1OC(C)c1ccccc1. The van der Waals surface area contributed by atoms with Crippen LogP contribution in [0.1, 0.15) is 50.5 Å². The molecule has 2 aromatic rings. The lowest BCUT2D eigenvalue weighted by Gasteiger charge is -2.19. The third-order valence-corrected chi connectivity index (χ3v) is 4.87. The summed E-state index contributed by atoms with van der Waals surface area (Å²) in [6, 6.07) is 16.3. The molecule has 1 amide bonds. The number of hydrogen-bond acceptors (Lipinski definition) is 2. The molecule has 148 valence electrons. The van der Waals surface area contributed by atoms with Crippen molar-refractivity contribution in [1.82, 2.24) is 4.90 Å². The van der Waals surface area contributed by atoms with Gasteiger partial charge in [0.25, 0.3) is 0 Å². The Bertz CT molecular complexity index is 820. The van der Waals surface area contributed by atoms with Crippen LogP contribution in [0.5, 0.6) is 5.75 Å². The van der Waals surface area contributed by atoms with Gasteiger partial charge in [0, 0.05) is 19.2 Å². The molecule has 0 aliphatic carbocycles. The molecular formula is C25H31NO2. The molecule has 3 heteroatoms. The third-order valence-electron chi connectivity index (χ3n) is 4.87. The van der Waals surface area contributed by atoms with Gasteiger partial charge in [-0.2, -0.15) is 0 Å². The summed E-state index contributed by atoms with van der Waals surface area (Å²) in [5.74, 6) is 0.897. The molecule has 0 aliphatic heterocycles. The molecule has 0 N–H and O–H groups in total. The number of allylic oxidation sites excluding steroid dienone is 2. The molecule has 0 aliphatic rings. The van der Waals surface area contributed by atoms with Crippen molar-refractivity contribution < 1.29 is 9.53 Å². The average molecular weight is 378 g/mol. The lowest BCUT2D eigenvalue weighted by atomic mass is 10.0. The summed E-state index contributed by atoms with van der Waals surface area (Å²) >= 11 is 0. The highest BCUT2D eigenvalue weighted by Gasteiger charge is 2.12. The molecule has 2 rings (SSSR count). The maximum absolute atomic E-state index is 12.4. The molecule has 0 saturated carbocycles. The summed E-state index contributed by atoms with van der Waals surface area (Å²) in [7, 11) is 0. The van der Waals surface area contributed by atoms with Gasteiger partial charge in [0.1, 0.15) is 11.9 Å². The molecule has 28 heavy (non-hydrogen) atoms. The summed E-state index contributed by atoms with van der Waals surface area (Å²) in [5, 5.41) is 0. The first-order valence-electron chi connectivity index (χ1n) is 9.93. The molecular weight excluding hydrogens is 346 g/mol. The van der Waals surface area contributed by atoms with Crippen molar-refractivity contribution in [2.24, 2.45) is 0 Å². The molecule has 1 atom stereocenters. The van der Waals surface area contributed by atoms with Crippen molar-refractivity contribution in [1.29, 1.82) is 0 Å². The summed E-state index contributed by atoms with van der Waals surface area (Å²) < 4.78 is 6.23. The fraction of sp³-hybridized carbons (Fsp3) is 0.320. The zero-order valence-electron chi connectivity index (χ0n) is 17.4. The minimum Gasteiger partial charge on any atom is -0.486 e. The van der Waals surface area contributed by atoms with E-state index < -0.39 is 0 Å². The largest absolute Gasteiger partial charge is 0.486 e. The van der Waals surface area contributed by atoms with E-state index in [-0.39, 0.29) is 12.0 Å². The summed E-state index contributed by atoms with van der Waals surface area (Å²) in [4.78, 5) is 14.2. The van der Waals surface area contributed by atoms with Gasteiger partial charge in [0.2, 0.25) is 5.91 Å². The van der Waals surface area contributed by atoms with Crippen molar-refractivity contribution in [2.75, 3.05) is 13.1 Å². The van der Waals surface area contributed by atoms with E-state index in [1.807, 2.05) is 62.1 Å². The minimum absolute atomic E-state index is 0.0449. The number of nitrogens with zero attached hydrogens (tertiary/aromatic N) is 1. The van der Waals surface area contributed by atoms with Crippen molar-refractivity contribution in [3.8, 4) is 5.75 Å². The number of amides is 1. The van der Waals surface area contributed by atoms with Crippen LogP contribution in [0.3, 0.4) is 0 Å². The van der Waals surface area contributed by atoms with Crippen molar-refractivity contribution >= 4 is 11.5 Å². The van der Waals surface area contributed by atoms with Crippen LogP contribution in [0.15, 0.2) is 67.3 Å². The van der Waals surface area contributed by atoms with Crippen LogP contribution in [0, 0.1) is 0 Å². The Kier molecular flexibility index (Phi) is 8.06. The molecule has 0 aromatic heterocycles. The monoisotopic (exact) mass is 377 g/mol. The number of benzene rings is 2. The molecule has 0 radical (unpaired) electrons. The smallest absolute Gasteiger partial charge is 0.246 e. The van der Waals surface area contributed by atoms with Gasteiger partial charge >= 0.3 is 0 Å². The predicted molar refractivity (Wildman–Crippen MR) is 117 cm³/mol. The van der Waals surface area contributed by atoms with E-state index in [2.05, 4.69) is 31.7 Å². The van der Waals surface area contributed by atoms with E-state index in [4.69, 9.17) is 4.74 Å². The van der Waals surface area contributed by atoms with Crippen molar-refractivity contribution in [3.05, 3.63) is 84.0 Å². The van der Waals surface area contributed by atoms with Crippen LogP contribution < -0.4 is 4.74 Å². The van der Waals surface area contributed by atoms with E-state index in [0.717, 1.165) is 28.0 Å². The van der Waals surface area contributed by atoms with Gasteiger partial charge < -0.3 is 9.64 Å². The third kappa shape index (κ3) is 5.59. The maximum atomic E-state index is 12.4. The topological polar surface area (TPSA) is 29.5 Å². The van der Waals surface area contributed by atoms with Crippen LogP contribution in [-0.2, 0) is 11.2 Å². The van der Waals surface area contributed by atoms with Gasteiger partial charge in [-0.1, -0.05) is 42.5 Å². The highest BCUT2D eigenvalue weighted by molar-refractivity contribution is 5.94. The van der Waals surface area contributed by atoms with E-state index in [9.17, 15) is 4.79 Å². The second-order valence-electron chi connectivity index (χ2n) is 6.82. The van der Waals surface area contributed by atoms with Crippen LogP contribution in [-0.4, -0.2) is 23.9 Å². The quantitative estimate of drug-likeness (QED) is 0.407. The Balaban J connectivity index is 2.26. The van der Waals surface area contributed by atoms with E-state index in [1.165, 1.54) is 0 Å². The van der Waals surface area contributed by atoms with Gasteiger partial charge in [-0.15, -0.1) is 6.58 Å². The molecule has 0 fully saturated rings. The Morgan fingerprint density at radius 3 is 2.43 bits per heavy atom. The second kappa shape index (κ2) is 10.5. The number of hydrogen-bond donors (Lipinski definition) is 0. The van der Waals surface area contributed by atoms with Crippen LogP contribution in [0.25, 0.3) is 5.57 Å². The van der Waals surface area contributed by atoms with Crippen molar-refractivity contribution in [2.45, 2.75) is 40.2 Å². The van der Waals surface area contributed by atoms with Gasteiger partial charge in [-0.05, 0) is 68.5 Å². The van der Waals surface area contributed by atoms with Crippen LogP contribution >= 0.6 is 0 Å². The van der Waals surface area contributed by atoms with Gasteiger partial charge in [-0.25, -0.2) is 0 Å². The van der Waals surface area contributed by atoms with Crippen LogP contribution in [0.4, 0.5) is 0 Å². The highest BCUT2D eigenvalue weighted by Crippen LogP contribution is 2.29. The van der Waals surface area contributed by atoms with Gasteiger partial charge in [0.15, 0.2) is 0 Å². The molecule has 0 saturated heterocycles. The average Bonchev–Trinajstić information content (AvgIpc) is 2.71. The molecule has 1 unspecified atom stereocenters. The summed E-state index contributed by atoms with van der Waals surface area (Å²) in [6.07, 6.45) is 4.26. The predicted octanol–water partition coefficient (Wildman–Crippen LogP) is 5.83. The Hall–Kier alpha value is -2.81. The number of carbonyl (C=O) groups excluding carboxylic acids is 1. The first-order valence-corrected chi connectivity index (χ1v) is 9.93. The Morgan fingerprint density at radius 1 is 1.14 bits per heavy atom. The van der Waals surface area contributed by atoms with E-state index >= 15 is 0 Å². The van der Waals surface area contributed by atoms with Crippen molar-refractivity contribution in [3.63, 3.8) is 0 Å². The lowest BCUT2D eigenvalue weighted by Crippen LogP contribution is -2.28. The summed E-state index contributed by atoms with van der Waals surface area (Å²) in [6.45, 7) is 13.3. The minimum atomic E-state index is -0.0449. The lowest BCUT2D eigenvalue weighted by molar-refractivity contribution is -0.125. The molecule has 3 nitrogen and oxygen atoms in total. The maximum Gasteiger partial charge on any atom is 0.246 e. The standard InChI is InChI=1S/C25H31NO2/c1-6-12-23-18-22(19(4)17-25(27)26(7-2)8-3)15-16-24(23)28-20(5)21-13-10-9-11-14-21/h6,9-11,13-18,20H,1,7-8,12H2,2-5H3/b19-17+. The number of rotatable bonds is 9. The number of carbonyl (C=O) groups is 1. The van der Waals surface area contributed by atoms with E-state index in [1.54, 1.807) is 6.08 Å². The zero-order chi connectivity index (χ0) is 20.5. The Morgan fingerprint density at radius 2 is 1.82 bits per heavy atom. The molecule has 2 aromatic carbocycles. The first kappa shape index (κ1) is 21.5. The molecule has 0 bridgehead atoms. The molecule has 0 spiro atoms. The normalized spacial score (nSPS) is 12.4. The summed E-state index contributed by atoms with van der Waals surface area (Å²) in [5.41, 5.74) is 4.18. The number of likely N-dealkylation sites (N-methyl/N-ethyl adjacent to an activating group) is 1. The number of ether oxygens (including phenoxy) is 1.